The molecule has 5 heteroatoms. The third-order valence-corrected chi connectivity index (χ3v) is 3.35. The lowest BCUT2D eigenvalue weighted by Gasteiger charge is -2.14. The van der Waals surface area contributed by atoms with E-state index in [1.807, 2.05) is 44.2 Å². The Morgan fingerprint density at radius 1 is 1.22 bits per heavy atom. The van der Waals surface area contributed by atoms with Crippen LogP contribution in [0, 0.1) is 13.8 Å². The number of hydrogen-bond donors (Lipinski definition) is 1. The monoisotopic (exact) mass is 330 g/mol. The van der Waals surface area contributed by atoms with Crippen molar-refractivity contribution in [1.82, 2.24) is 5.43 Å². The van der Waals surface area contributed by atoms with Crippen LogP contribution in [0.3, 0.4) is 0 Å². The molecular formula is C18H19ClN2O2. The van der Waals surface area contributed by atoms with E-state index in [1.165, 1.54) is 6.21 Å². The molecule has 0 aliphatic rings. The van der Waals surface area contributed by atoms with E-state index in [1.54, 1.807) is 19.1 Å². The third kappa shape index (κ3) is 5.42. The summed E-state index contributed by atoms with van der Waals surface area (Å²) >= 11 is 5.88. The number of amides is 1. The van der Waals surface area contributed by atoms with Gasteiger partial charge in [-0.3, -0.25) is 4.79 Å². The summed E-state index contributed by atoms with van der Waals surface area (Å²) < 4.78 is 5.65. The first-order valence-corrected chi connectivity index (χ1v) is 7.65. The lowest BCUT2D eigenvalue weighted by Crippen LogP contribution is -2.33. The highest BCUT2D eigenvalue weighted by Gasteiger charge is 2.14. The molecule has 0 aromatic heterocycles. The van der Waals surface area contributed by atoms with E-state index in [0.717, 1.165) is 16.7 Å². The van der Waals surface area contributed by atoms with Crippen molar-refractivity contribution >= 4 is 23.7 Å². The Kier molecular flexibility index (Phi) is 5.77. The lowest BCUT2D eigenvalue weighted by molar-refractivity contribution is -0.127. The predicted octanol–water partition coefficient (Wildman–Crippen LogP) is 3.87. The SMILES string of the molecule is Cc1cc(C)cc(OC(C)C(=O)N/N=C/c2cccc(Cl)c2)c1. The van der Waals surface area contributed by atoms with E-state index in [2.05, 4.69) is 10.5 Å². The minimum absolute atomic E-state index is 0.317. The predicted molar refractivity (Wildman–Crippen MR) is 93.2 cm³/mol. The van der Waals surface area contributed by atoms with Gasteiger partial charge in [-0.05, 0) is 61.7 Å². The molecule has 0 aliphatic heterocycles. The van der Waals surface area contributed by atoms with Crippen LogP contribution in [0.15, 0.2) is 47.6 Å². The fraction of sp³-hybridized carbons (Fsp3) is 0.222. The average Bonchev–Trinajstić information content (AvgIpc) is 2.46. The van der Waals surface area contributed by atoms with E-state index in [9.17, 15) is 4.79 Å². The van der Waals surface area contributed by atoms with Gasteiger partial charge in [0.25, 0.3) is 5.91 Å². The second kappa shape index (κ2) is 7.79. The average molecular weight is 331 g/mol. The molecule has 120 valence electrons. The van der Waals surface area contributed by atoms with Gasteiger partial charge >= 0.3 is 0 Å². The van der Waals surface area contributed by atoms with Crippen LogP contribution in [0.25, 0.3) is 0 Å². The first kappa shape index (κ1) is 17.0. The van der Waals surface area contributed by atoms with E-state index >= 15 is 0 Å². The largest absolute Gasteiger partial charge is 0.481 e. The maximum Gasteiger partial charge on any atom is 0.280 e. The molecule has 1 N–H and O–H groups in total. The summed E-state index contributed by atoms with van der Waals surface area (Å²) in [6.07, 6.45) is 0.889. The van der Waals surface area contributed by atoms with E-state index in [4.69, 9.17) is 16.3 Å². The molecule has 0 spiro atoms. The second-order valence-corrected chi connectivity index (χ2v) is 5.81. The molecule has 0 radical (unpaired) electrons. The van der Waals surface area contributed by atoms with Crippen LogP contribution in [0.4, 0.5) is 0 Å². The molecule has 2 rings (SSSR count). The number of nitrogens with zero attached hydrogens (tertiary/aromatic N) is 1. The van der Waals surface area contributed by atoms with E-state index in [0.29, 0.717) is 10.8 Å². The first-order chi connectivity index (χ1) is 10.9. The van der Waals surface area contributed by atoms with Crippen LogP contribution < -0.4 is 10.2 Å². The second-order valence-electron chi connectivity index (χ2n) is 5.37. The zero-order valence-corrected chi connectivity index (χ0v) is 14.1. The normalized spacial score (nSPS) is 12.2. The number of halogens is 1. The molecule has 0 saturated carbocycles. The summed E-state index contributed by atoms with van der Waals surface area (Å²) in [5.41, 5.74) is 5.45. The van der Waals surface area contributed by atoms with Gasteiger partial charge in [-0.25, -0.2) is 5.43 Å². The highest BCUT2D eigenvalue weighted by Crippen LogP contribution is 2.17. The van der Waals surface area contributed by atoms with Crippen LogP contribution in [0.2, 0.25) is 5.02 Å². The summed E-state index contributed by atoms with van der Waals surface area (Å²) in [6.45, 7) is 5.65. The number of hydrazone groups is 1. The minimum Gasteiger partial charge on any atom is -0.481 e. The van der Waals surface area contributed by atoms with Gasteiger partial charge in [-0.15, -0.1) is 0 Å². The number of benzene rings is 2. The summed E-state index contributed by atoms with van der Waals surface area (Å²) in [6, 6.07) is 13.0. The van der Waals surface area contributed by atoms with E-state index in [-0.39, 0.29) is 5.91 Å². The van der Waals surface area contributed by atoms with Crippen molar-refractivity contribution in [1.29, 1.82) is 0 Å². The van der Waals surface area contributed by atoms with Gasteiger partial charge in [-0.1, -0.05) is 29.8 Å². The zero-order valence-electron chi connectivity index (χ0n) is 13.3. The Hall–Kier alpha value is -2.33. The molecule has 0 heterocycles. The quantitative estimate of drug-likeness (QED) is 0.668. The van der Waals surface area contributed by atoms with Crippen molar-refractivity contribution in [3.05, 3.63) is 64.2 Å². The Labute approximate surface area is 141 Å². The summed E-state index contributed by atoms with van der Waals surface area (Å²) in [5, 5.41) is 4.53. The van der Waals surface area contributed by atoms with Crippen LogP contribution in [0.1, 0.15) is 23.6 Å². The van der Waals surface area contributed by atoms with Gasteiger partial charge in [0.1, 0.15) is 5.75 Å². The van der Waals surface area contributed by atoms with Crippen molar-refractivity contribution in [2.75, 3.05) is 0 Å². The van der Waals surface area contributed by atoms with Gasteiger partial charge in [0, 0.05) is 5.02 Å². The molecule has 0 aliphatic carbocycles. The van der Waals surface area contributed by atoms with Gasteiger partial charge in [-0.2, -0.15) is 5.10 Å². The zero-order chi connectivity index (χ0) is 16.8. The standard InChI is InChI=1S/C18H19ClN2O2/c1-12-7-13(2)9-17(8-12)23-14(3)18(22)21-20-11-15-5-4-6-16(19)10-15/h4-11,14H,1-3H3,(H,21,22)/b20-11+. The molecule has 1 amide bonds. The molecule has 23 heavy (non-hydrogen) atoms. The maximum absolute atomic E-state index is 12.0. The smallest absolute Gasteiger partial charge is 0.280 e. The molecule has 0 bridgehead atoms. The van der Waals surface area contributed by atoms with Gasteiger partial charge in [0.05, 0.1) is 6.21 Å². The Balaban J connectivity index is 1.92. The van der Waals surface area contributed by atoms with Crippen LogP contribution in [0.5, 0.6) is 5.75 Å². The van der Waals surface area contributed by atoms with Crippen molar-refractivity contribution in [2.45, 2.75) is 26.9 Å². The van der Waals surface area contributed by atoms with Crippen LogP contribution >= 0.6 is 11.6 Å². The summed E-state index contributed by atoms with van der Waals surface area (Å²) in [7, 11) is 0. The number of carbonyl (C=O) groups excluding carboxylic acids is 1. The van der Waals surface area contributed by atoms with E-state index < -0.39 is 6.10 Å². The third-order valence-electron chi connectivity index (χ3n) is 3.11. The highest BCUT2D eigenvalue weighted by molar-refractivity contribution is 6.30. The van der Waals surface area contributed by atoms with Crippen molar-refractivity contribution < 1.29 is 9.53 Å². The number of ether oxygens (including phenoxy) is 1. The fourth-order valence-corrected chi connectivity index (χ4v) is 2.31. The highest BCUT2D eigenvalue weighted by atomic mass is 35.5. The Bertz CT molecular complexity index is 708. The summed E-state index contributed by atoms with van der Waals surface area (Å²) in [4.78, 5) is 12.0. The number of hydrogen-bond acceptors (Lipinski definition) is 3. The molecule has 2 aromatic rings. The van der Waals surface area contributed by atoms with Crippen molar-refractivity contribution in [3.8, 4) is 5.75 Å². The van der Waals surface area contributed by atoms with Crippen molar-refractivity contribution in [3.63, 3.8) is 0 Å². The maximum atomic E-state index is 12.0. The Morgan fingerprint density at radius 3 is 2.57 bits per heavy atom. The topological polar surface area (TPSA) is 50.7 Å². The number of rotatable bonds is 5. The molecule has 0 fully saturated rings. The molecule has 0 saturated heterocycles. The molecule has 2 aromatic carbocycles. The summed E-state index contributed by atoms with van der Waals surface area (Å²) in [5.74, 6) is 0.353. The molecular weight excluding hydrogens is 312 g/mol. The molecule has 1 unspecified atom stereocenters. The lowest BCUT2D eigenvalue weighted by atomic mass is 10.1. The first-order valence-electron chi connectivity index (χ1n) is 7.27. The van der Waals surface area contributed by atoms with Gasteiger partial charge < -0.3 is 4.74 Å². The van der Waals surface area contributed by atoms with Gasteiger partial charge in [0.2, 0.25) is 0 Å². The fourth-order valence-electron chi connectivity index (χ4n) is 2.11. The minimum atomic E-state index is -0.646. The molecule has 1 atom stereocenters. The van der Waals surface area contributed by atoms with Crippen LogP contribution in [-0.4, -0.2) is 18.2 Å². The van der Waals surface area contributed by atoms with Gasteiger partial charge in [0.15, 0.2) is 6.10 Å². The number of aryl methyl sites for hydroxylation is 2. The number of carbonyl (C=O) groups is 1. The molecule has 4 nitrogen and oxygen atoms in total. The van der Waals surface area contributed by atoms with Crippen LogP contribution in [-0.2, 0) is 4.79 Å². The Morgan fingerprint density at radius 2 is 1.91 bits per heavy atom. The number of nitrogens with one attached hydrogen (secondary N) is 1. The van der Waals surface area contributed by atoms with Crippen molar-refractivity contribution in [2.24, 2.45) is 5.10 Å².